The number of nitrogens with zero attached hydrogens (tertiary/aromatic N) is 4. The third-order valence-electron chi connectivity index (χ3n) is 4.77. The predicted molar refractivity (Wildman–Crippen MR) is 115 cm³/mol. The summed E-state index contributed by atoms with van der Waals surface area (Å²) in [4.78, 5) is 31.3. The van der Waals surface area contributed by atoms with Gasteiger partial charge in [-0.25, -0.2) is 9.97 Å². The van der Waals surface area contributed by atoms with E-state index in [4.69, 9.17) is 0 Å². The summed E-state index contributed by atoms with van der Waals surface area (Å²) in [6, 6.07) is 15.6. The molecule has 0 atom stereocenters. The number of hydrogen-bond donors (Lipinski definition) is 2. The minimum absolute atomic E-state index is 0.260. The smallest absolute Gasteiger partial charge is 0.275 e. The normalized spacial score (nSPS) is 11.0. The Morgan fingerprint density at radius 2 is 1.86 bits per heavy atom. The van der Waals surface area contributed by atoms with Gasteiger partial charge in [0.2, 0.25) is 5.95 Å². The third-order valence-corrected chi connectivity index (χ3v) is 4.77. The quantitative estimate of drug-likeness (QED) is 0.539. The number of anilines is 2. The van der Waals surface area contributed by atoms with Gasteiger partial charge in [0.15, 0.2) is 0 Å². The summed E-state index contributed by atoms with van der Waals surface area (Å²) in [5, 5.41) is 2.89. The van der Waals surface area contributed by atoms with Crippen LogP contribution >= 0.6 is 0 Å². The first-order chi connectivity index (χ1) is 14.0. The zero-order chi connectivity index (χ0) is 20.4. The van der Waals surface area contributed by atoms with E-state index < -0.39 is 0 Å². The highest BCUT2D eigenvalue weighted by Gasteiger charge is 2.13. The van der Waals surface area contributed by atoms with Crippen molar-refractivity contribution < 1.29 is 4.79 Å². The number of benzene rings is 2. The molecule has 0 radical (unpaired) electrons. The van der Waals surface area contributed by atoms with E-state index >= 15 is 0 Å². The van der Waals surface area contributed by atoms with E-state index in [9.17, 15) is 4.79 Å². The van der Waals surface area contributed by atoms with Gasteiger partial charge in [-0.1, -0.05) is 30.3 Å². The summed E-state index contributed by atoms with van der Waals surface area (Å²) in [6.07, 6.45) is 3.11. The van der Waals surface area contributed by atoms with E-state index in [0.29, 0.717) is 17.4 Å². The molecule has 0 aliphatic carbocycles. The summed E-state index contributed by atoms with van der Waals surface area (Å²) in [7, 11) is 1.99. The van der Waals surface area contributed by atoms with Crippen LogP contribution in [0.2, 0.25) is 0 Å². The maximum Gasteiger partial charge on any atom is 0.275 e. The standard InChI is InChI=1S/C22H22N6O/c1-14(2)28(3)22-26-17-10-9-16(11-18(17)27-22)24-21(29)20-13-23-12-19(25-20)15-7-5-4-6-8-15/h4-14H,1-3H3,(H,24,29)(H,26,27). The van der Waals surface area contributed by atoms with Gasteiger partial charge in [0.05, 0.1) is 29.1 Å². The van der Waals surface area contributed by atoms with Gasteiger partial charge >= 0.3 is 0 Å². The lowest BCUT2D eigenvalue weighted by Crippen LogP contribution is -2.26. The number of aromatic amines is 1. The lowest BCUT2D eigenvalue weighted by molar-refractivity contribution is 0.102. The van der Waals surface area contributed by atoms with Crippen LogP contribution in [0.25, 0.3) is 22.3 Å². The van der Waals surface area contributed by atoms with Crippen molar-refractivity contribution in [2.45, 2.75) is 19.9 Å². The Balaban J connectivity index is 1.56. The van der Waals surface area contributed by atoms with Gasteiger partial charge in [-0.15, -0.1) is 0 Å². The van der Waals surface area contributed by atoms with Crippen LogP contribution < -0.4 is 10.2 Å². The molecule has 29 heavy (non-hydrogen) atoms. The molecule has 0 saturated heterocycles. The Hall–Kier alpha value is -3.74. The number of imidazole rings is 1. The van der Waals surface area contributed by atoms with Crippen LogP contribution in [0, 0.1) is 0 Å². The van der Waals surface area contributed by atoms with E-state index in [1.807, 2.05) is 55.6 Å². The molecule has 2 N–H and O–H groups in total. The van der Waals surface area contributed by atoms with Crippen LogP contribution in [0.15, 0.2) is 60.9 Å². The van der Waals surface area contributed by atoms with E-state index in [1.54, 1.807) is 6.20 Å². The topological polar surface area (TPSA) is 86.8 Å². The number of nitrogens with one attached hydrogen (secondary N) is 2. The molecule has 2 aromatic carbocycles. The summed E-state index contributed by atoms with van der Waals surface area (Å²) in [5.41, 5.74) is 4.19. The second-order valence-electron chi connectivity index (χ2n) is 7.11. The number of aromatic nitrogens is 4. The summed E-state index contributed by atoms with van der Waals surface area (Å²) in [6.45, 7) is 4.20. The number of amides is 1. The van der Waals surface area contributed by atoms with Crippen molar-refractivity contribution >= 4 is 28.6 Å². The van der Waals surface area contributed by atoms with Crippen LogP contribution in [0.3, 0.4) is 0 Å². The fourth-order valence-electron chi connectivity index (χ4n) is 2.90. The van der Waals surface area contributed by atoms with Crippen molar-refractivity contribution in [3.63, 3.8) is 0 Å². The number of rotatable bonds is 5. The SMILES string of the molecule is CC(C)N(C)c1nc2ccc(NC(=O)c3cncc(-c4ccccc4)n3)cc2[nH]1. The van der Waals surface area contributed by atoms with Gasteiger partial charge < -0.3 is 15.2 Å². The van der Waals surface area contributed by atoms with Crippen LogP contribution in [-0.4, -0.2) is 38.9 Å². The molecule has 0 aliphatic heterocycles. The van der Waals surface area contributed by atoms with Crippen LogP contribution in [-0.2, 0) is 0 Å². The van der Waals surface area contributed by atoms with Gasteiger partial charge in [-0.2, -0.15) is 0 Å². The van der Waals surface area contributed by atoms with Crippen molar-refractivity contribution in [3.8, 4) is 11.3 Å². The van der Waals surface area contributed by atoms with Crippen molar-refractivity contribution in [1.29, 1.82) is 0 Å². The third kappa shape index (κ3) is 3.94. The zero-order valence-corrected chi connectivity index (χ0v) is 16.5. The second-order valence-corrected chi connectivity index (χ2v) is 7.11. The van der Waals surface area contributed by atoms with Crippen molar-refractivity contribution in [2.24, 2.45) is 0 Å². The van der Waals surface area contributed by atoms with E-state index in [-0.39, 0.29) is 11.6 Å². The molecule has 7 nitrogen and oxygen atoms in total. The number of carbonyl (C=O) groups excluding carboxylic acids is 1. The first kappa shape index (κ1) is 18.6. The van der Waals surface area contributed by atoms with Crippen LogP contribution in [0.1, 0.15) is 24.3 Å². The van der Waals surface area contributed by atoms with E-state index in [1.165, 1.54) is 6.20 Å². The Morgan fingerprint density at radius 3 is 2.62 bits per heavy atom. The van der Waals surface area contributed by atoms with Crippen LogP contribution in [0.5, 0.6) is 0 Å². The highest BCUT2D eigenvalue weighted by Crippen LogP contribution is 2.22. The zero-order valence-electron chi connectivity index (χ0n) is 16.5. The Bertz CT molecular complexity index is 1150. The average molecular weight is 386 g/mol. The number of fused-ring (bicyclic) bond motifs is 1. The number of carbonyl (C=O) groups is 1. The molecule has 0 saturated carbocycles. The molecular formula is C22H22N6O. The fraction of sp³-hybridized carbons (Fsp3) is 0.182. The van der Waals surface area contributed by atoms with Gasteiger partial charge in [0.25, 0.3) is 5.91 Å². The molecular weight excluding hydrogens is 364 g/mol. The molecule has 2 heterocycles. The summed E-state index contributed by atoms with van der Waals surface area (Å²) < 4.78 is 0. The molecule has 0 aliphatic rings. The Kier molecular flexibility index (Phi) is 4.95. The minimum atomic E-state index is -0.311. The van der Waals surface area contributed by atoms with Crippen LogP contribution in [0.4, 0.5) is 11.6 Å². The van der Waals surface area contributed by atoms with Gasteiger partial charge in [-0.05, 0) is 32.0 Å². The molecule has 0 fully saturated rings. The Morgan fingerprint density at radius 1 is 1.07 bits per heavy atom. The molecule has 0 spiro atoms. The van der Waals surface area contributed by atoms with E-state index in [0.717, 1.165) is 22.5 Å². The second kappa shape index (κ2) is 7.71. The van der Waals surface area contributed by atoms with Gasteiger partial charge in [-0.3, -0.25) is 9.78 Å². The molecule has 146 valence electrons. The molecule has 4 rings (SSSR count). The molecule has 2 aromatic heterocycles. The summed E-state index contributed by atoms with van der Waals surface area (Å²) in [5.74, 6) is 0.480. The van der Waals surface area contributed by atoms with Crippen molar-refractivity contribution in [3.05, 3.63) is 66.6 Å². The highest BCUT2D eigenvalue weighted by atomic mass is 16.1. The molecule has 0 bridgehead atoms. The van der Waals surface area contributed by atoms with E-state index in [2.05, 4.69) is 44.0 Å². The molecule has 1 amide bonds. The predicted octanol–water partition coefficient (Wildman–Crippen LogP) is 4.12. The molecule has 0 unspecified atom stereocenters. The largest absolute Gasteiger partial charge is 0.343 e. The van der Waals surface area contributed by atoms with Gasteiger partial charge in [0.1, 0.15) is 5.69 Å². The minimum Gasteiger partial charge on any atom is -0.343 e. The lowest BCUT2D eigenvalue weighted by Gasteiger charge is -2.19. The fourth-order valence-corrected chi connectivity index (χ4v) is 2.90. The van der Waals surface area contributed by atoms with Crippen molar-refractivity contribution in [2.75, 3.05) is 17.3 Å². The summed E-state index contributed by atoms with van der Waals surface area (Å²) >= 11 is 0. The average Bonchev–Trinajstić information content (AvgIpc) is 3.17. The van der Waals surface area contributed by atoms with Crippen molar-refractivity contribution in [1.82, 2.24) is 19.9 Å². The first-order valence-electron chi connectivity index (χ1n) is 9.42. The monoisotopic (exact) mass is 386 g/mol. The maximum absolute atomic E-state index is 12.7. The first-order valence-corrected chi connectivity index (χ1v) is 9.42. The Labute approximate surface area is 168 Å². The number of hydrogen-bond acceptors (Lipinski definition) is 5. The lowest BCUT2D eigenvalue weighted by atomic mass is 10.1. The molecule has 4 aromatic rings. The molecule has 7 heteroatoms. The maximum atomic E-state index is 12.7. The highest BCUT2D eigenvalue weighted by molar-refractivity contribution is 6.03. The number of H-pyrrole nitrogens is 1. The van der Waals surface area contributed by atoms with Gasteiger partial charge in [0, 0.05) is 24.3 Å².